The highest BCUT2D eigenvalue weighted by molar-refractivity contribution is 5.10. The molecule has 0 aliphatic heterocycles. The highest BCUT2D eigenvalue weighted by atomic mass is 16.3. The molecule has 0 radical (unpaired) electrons. The third-order valence-corrected chi connectivity index (χ3v) is 10.8. The summed E-state index contributed by atoms with van der Waals surface area (Å²) in [5.74, 6) is 5.85. The lowest BCUT2D eigenvalue weighted by Crippen LogP contribution is -2.57. The Kier molecular flexibility index (Phi) is 5.98. The molecule has 4 fully saturated rings. The van der Waals surface area contributed by atoms with Crippen LogP contribution >= 0.6 is 0 Å². The van der Waals surface area contributed by atoms with E-state index in [2.05, 4.69) is 34.6 Å². The van der Waals surface area contributed by atoms with E-state index in [4.69, 9.17) is 0 Å². The van der Waals surface area contributed by atoms with Crippen LogP contribution in [0.3, 0.4) is 0 Å². The number of aliphatic hydroxyl groups excluding tert-OH is 1. The Hall–Kier alpha value is -0.0400. The van der Waals surface area contributed by atoms with Crippen LogP contribution in [-0.4, -0.2) is 11.2 Å². The standard InChI is InChI=1S/C27H48O/c1-18(2)9-8-10-19(3)21-12-13-22-20-17-25(28)24-11-6-7-15-26(24,4)23(20)14-16-27(21,22)5/h18-25,28H,6-17H2,1-5H3/t19-,20?,21?,22?,23?,24-,25+,26?,27?/m1/s1. The van der Waals surface area contributed by atoms with Crippen LogP contribution in [0.5, 0.6) is 0 Å². The van der Waals surface area contributed by atoms with Crippen molar-refractivity contribution < 1.29 is 5.11 Å². The van der Waals surface area contributed by atoms with Crippen LogP contribution in [0.4, 0.5) is 0 Å². The third kappa shape index (κ3) is 3.40. The van der Waals surface area contributed by atoms with Crippen LogP contribution in [-0.2, 0) is 0 Å². The summed E-state index contributed by atoms with van der Waals surface area (Å²) in [7, 11) is 0. The Morgan fingerprint density at radius 2 is 1.57 bits per heavy atom. The van der Waals surface area contributed by atoms with Gasteiger partial charge in [0.2, 0.25) is 0 Å². The number of aliphatic hydroxyl groups is 1. The van der Waals surface area contributed by atoms with Crippen molar-refractivity contribution in [3.8, 4) is 0 Å². The van der Waals surface area contributed by atoms with Gasteiger partial charge in [0.1, 0.15) is 0 Å². The molecular weight excluding hydrogens is 340 g/mol. The highest BCUT2D eigenvalue weighted by Gasteiger charge is 2.61. The quantitative estimate of drug-likeness (QED) is 0.518. The summed E-state index contributed by atoms with van der Waals surface area (Å²) in [6.45, 7) is 12.6. The summed E-state index contributed by atoms with van der Waals surface area (Å²) in [5, 5.41) is 11.2. The molecule has 0 bridgehead atoms. The highest BCUT2D eigenvalue weighted by Crippen LogP contribution is 2.68. The van der Waals surface area contributed by atoms with Crippen LogP contribution in [0.25, 0.3) is 0 Å². The van der Waals surface area contributed by atoms with E-state index in [9.17, 15) is 5.11 Å². The van der Waals surface area contributed by atoms with Crippen LogP contribution in [0.1, 0.15) is 112 Å². The van der Waals surface area contributed by atoms with Crippen LogP contribution in [0, 0.1) is 52.3 Å². The molecule has 0 saturated heterocycles. The maximum absolute atomic E-state index is 11.2. The van der Waals surface area contributed by atoms with Gasteiger partial charge < -0.3 is 5.11 Å². The molecule has 0 aromatic rings. The summed E-state index contributed by atoms with van der Waals surface area (Å²) in [6, 6.07) is 0. The predicted molar refractivity (Wildman–Crippen MR) is 119 cm³/mol. The first-order valence-electron chi connectivity index (χ1n) is 13.0. The number of hydrogen-bond donors (Lipinski definition) is 1. The molecule has 0 amide bonds. The fourth-order valence-corrected chi connectivity index (χ4v) is 9.38. The summed E-state index contributed by atoms with van der Waals surface area (Å²) in [4.78, 5) is 0. The number of fused-ring (bicyclic) bond motifs is 5. The molecule has 0 heterocycles. The van der Waals surface area contributed by atoms with Gasteiger partial charge in [0.25, 0.3) is 0 Å². The zero-order valence-electron chi connectivity index (χ0n) is 19.6. The maximum atomic E-state index is 11.2. The predicted octanol–water partition coefficient (Wildman–Crippen LogP) is 7.47. The van der Waals surface area contributed by atoms with Crippen molar-refractivity contribution in [2.24, 2.45) is 52.3 Å². The largest absolute Gasteiger partial charge is 0.393 e. The minimum Gasteiger partial charge on any atom is -0.393 e. The van der Waals surface area contributed by atoms with Crippen molar-refractivity contribution >= 4 is 0 Å². The van der Waals surface area contributed by atoms with Gasteiger partial charge >= 0.3 is 0 Å². The molecule has 4 rings (SSSR count). The fraction of sp³-hybridized carbons (Fsp3) is 1.00. The van der Waals surface area contributed by atoms with Crippen molar-refractivity contribution in [3.05, 3.63) is 0 Å². The van der Waals surface area contributed by atoms with E-state index in [0.29, 0.717) is 16.7 Å². The molecule has 9 atom stereocenters. The number of hydrogen-bond acceptors (Lipinski definition) is 1. The fourth-order valence-electron chi connectivity index (χ4n) is 9.38. The summed E-state index contributed by atoms with van der Waals surface area (Å²) in [5.41, 5.74) is 0.985. The average Bonchev–Trinajstić information content (AvgIpc) is 2.99. The monoisotopic (exact) mass is 388 g/mol. The molecule has 0 spiro atoms. The molecule has 4 aliphatic rings. The average molecular weight is 389 g/mol. The molecule has 28 heavy (non-hydrogen) atoms. The Bertz CT molecular complexity index is 540. The van der Waals surface area contributed by atoms with Crippen molar-refractivity contribution in [1.29, 1.82) is 0 Å². The summed E-state index contributed by atoms with van der Waals surface area (Å²) >= 11 is 0. The van der Waals surface area contributed by atoms with Gasteiger partial charge in [-0.3, -0.25) is 0 Å². The minimum atomic E-state index is -0.0172. The normalized spacial score (nSPS) is 49.4. The second-order valence-corrected chi connectivity index (χ2v) is 12.6. The van der Waals surface area contributed by atoms with Crippen molar-refractivity contribution in [2.75, 3.05) is 0 Å². The lowest BCUT2D eigenvalue weighted by Gasteiger charge is -2.62. The van der Waals surface area contributed by atoms with E-state index in [1.807, 2.05) is 0 Å². The molecule has 6 unspecified atom stereocenters. The lowest BCUT2D eigenvalue weighted by atomic mass is 9.44. The molecule has 0 aromatic carbocycles. The first-order valence-corrected chi connectivity index (χ1v) is 13.0. The van der Waals surface area contributed by atoms with Gasteiger partial charge in [0.05, 0.1) is 6.10 Å². The molecule has 1 heteroatoms. The smallest absolute Gasteiger partial charge is 0.0576 e. The van der Waals surface area contributed by atoms with Gasteiger partial charge in [0.15, 0.2) is 0 Å². The zero-order valence-corrected chi connectivity index (χ0v) is 19.6. The lowest BCUT2D eigenvalue weighted by molar-refractivity contribution is -0.159. The van der Waals surface area contributed by atoms with E-state index < -0.39 is 0 Å². The zero-order chi connectivity index (χ0) is 20.1. The summed E-state index contributed by atoms with van der Waals surface area (Å²) < 4.78 is 0. The SMILES string of the molecule is CC(C)CCC[C@@H](C)C1CCC2C3C[C@H](O)[C@H]4CCCCC4(C)C3CCC21C. The second-order valence-electron chi connectivity index (χ2n) is 12.6. The molecule has 4 aliphatic carbocycles. The molecular formula is C27H48O. The van der Waals surface area contributed by atoms with Crippen LogP contribution < -0.4 is 0 Å². The molecule has 4 saturated carbocycles. The first kappa shape index (κ1) is 21.2. The van der Waals surface area contributed by atoms with Gasteiger partial charge in [-0.2, -0.15) is 0 Å². The van der Waals surface area contributed by atoms with Crippen molar-refractivity contribution in [2.45, 2.75) is 118 Å². The molecule has 1 nitrogen and oxygen atoms in total. The van der Waals surface area contributed by atoms with Crippen LogP contribution in [0.15, 0.2) is 0 Å². The second kappa shape index (κ2) is 7.90. The van der Waals surface area contributed by atoms with Gasteiger partial charge in [-0.15, -0.1) is 0 Å². The molecule has 162 valence electrons. The van der Waals surface area contributed by atoms with Crippen molar-refractivity contribution in [1.82, 2.24) is 0 Å². The van der Waals surface area contributed by atoms with Gasteiger partial charge in [-0.25, -0.2) is 0 Å². The molecule has 1 N–H and O–H groups in total. The summed E-state index contributed by atoms with van der Waals surface area (Å²) in [6.07, 6.45) is 16.6. The van der Waals surface area contributed by atoms with Gasteiger partial charge in [-0.05, 0) is 97.2 Å². The maximum Gasteiger partial charge on any atom is 0.0576 e. The Morgan fingerprint density at radius 1 is 0.821 bits per heavy atom. The van der Waals surface area contributed by atoms with E-state index in [0.717, 1.165) is 41.9 Å². The van der Waals surface area contributed by atoms with Gasteiger partial charge in [0, 0.05) is 0 Å². The minimum absolute atomic E-state index is 0.0172. The Morgan fingerprint density at radius 3 is 2.32 bits per heavy atom. The van der Waals surface area contributed by atoms with Crippen molar-refractivity contribution in [3.63, 3.8) is 0 Å². The Labute approximate surface area is 175 Å². The first-order chi connectivity index (χ1) is 13.3. The molecule has 0 aromatic heterocycles. The van der Waals surface area contributed by atoms with Crippen LogP contribution in [0.2, 0.25) is 0 Å². The topological polar surface area (TPSA) is 20.2 Å². The van der Waals surface area contributed by atoms with E-state index in [-0.39, 0.29) is 6.10 Å². The third-order valence-electron chi connectivity index (χ3n) is 10.8. The van der Waals surface area contributed by atoms with E-state index >= 15 is 0 Å². The van der Waals surface area contributed by atoms with E-state index in [1.54, 1.807) is 0 Å². The Balaban J connectivity index is 1.49. The van der Waals surface area contributed by atoms with Gasteiger partial charge in [-0.1, -0.05) is 66.7 Å². The van der Waals surface area contributed by atoms with E-state index in [1.165, 1.54) is 70.6 Å². The number of rotatable bonds is 5.